The second kappa shape index (κ2) is 2.82. The van der Waals surface area contributed by atoms with Crippen molar-refractivity contribution in [3.63, 3.8) is 0 Å². The summed E-state index contributed by atoms with van der Waals surface area (Å²) in [7, 11) is 0. The van der Waals surface area contributed by atoms with Gasteiger partial charge in [-0.1, -0.05) is 0 Å². The molecule has 1 heterocycles. The van der Waals surface area contributed by atoms with E-state index < -0.39 is 0 Å². The molecule has 3 heteroatoms. The van der Waals surface area contributed by atoms with Crippen LogP contribution < -0.4 is 5.36 Å². The minimum absolute atomic E-state index is 1.01. The van der Waals surface area contributed by atoms with Crippen LogP contribution in [0.2, 0.25) is 0 Å². The van der Waals surface area contributed by atoms with Crippen molar-refractivity contribution in [1.82, 2.24) is 0 Å². The molecule has 1 aliphatic heterocycles. The number of benzene rings is 2. The number of hydrogen-bond acceptors (Lipinski definition) is 2. The minimum atomic E-state index is 1.01. The summed E-state index contributed by atoms with van der Waals surface area (Å²) in [6, 6.07) is 10.5. The molecule has 0 bridgehead atoms. The summed E-state index contributed by atoms with van der Waals surface area (Å²) in [6.07, 6.45) is 1.64. The van der Waals surface area contributed by atoms with E-state index in [4.69, 9.17) is 0 Å². The number of nitrogens with zero attached hydrogens (tertiary/aromatic N) is 2. The van der Waals surface area contributed by atoms with Gasteiger partial charge in [-0.15, -0.1) is 0 Å². The Labute approximate surface area is 102 Å². The first kappa shape index (κ1) is 8.69. The van der Waals surface area contributed by atoms with E-state index in [0.717, 1.165) is 14.7 Å². The van der Waals surface area contributed by atoms with E-state index in [2.05, 4.69) is 59.1 Å². The fourth-order valence-electron chi connectivity index (χ4n) is 2.41. The van der Waals surface area contributed by atoms with E-state index in [1.165, 1.54) is 21.9 Å². The summed E-state index contributed by atoms with van der Waals surface area (Å²) in [5, 5.41) is 3.47. The fraction of sp³-hybridized carbons (Fsp3) is 0. The Bertz CT molecular complexity index is 820. The van der Waals surface area contributed by atoms with Crippen LogP contribution >= 0.6 is 0 Å². The molecule has 0 fully saturated rings. The van der Waals surface area contributed by atoms with Gasteiger partial charge in [0.05, 0.1) is 0 Å². The van der Waals surface area contributed by atoms with E-state index in [-0.39, 0.29) is 0 Å². The topological polar surface area (TPSA) is 24.7 Å². The standard InChI is InChI=1S/C13H6N2.Pd/c1-3-8-4-2-6-10-11(8)9(5-1)12-13(10)15-7-14-12;/h1-5,7H;. The average Bonchev–Trinajstić information content (AvgIpc) is 2.86. The van der Waals surface area contributed by atoms with E-state index in [1.54, 1.807) is 6.34 Å². The van der Waals surface area contributed by atoms with Crippen molar-refractivity contribution in [2.75, 3.05) is 0 Å². The predicted octanol–water partition coefficient (Wildman–Crippen LogP) is 2.47. The molecule has 0 radical (unpaired) electrons. The summed E-state index contributed by atoms with van der Waals surface area (Å²) in [5.41, 5.74) is 3.48. The first-order valence-electron chi connectivity index (χ1n) is 5.03. The van der Waals surface area contributed by atoms with Crippen LogP contribution in [0.3, 0.4) is 0 Å². The SMILES string of the molecule is [Pd]=[c]1ccc2cccc3c2-c1c1c3=NC=N1. The summed E-state index contributed by atoms with van der Waals surface area (Å²) in [6.45, 7) is 0. The third-order valence-electron chi connectivity index (χ3n) is 3.06. The predicted molar refractivity (Wildman–Crippen MR) is 59.9 cm³/mol. The van der Waals surface area contributed by atoms with Crippen LogP contribution in [0.4, 0.5) is 5.69 Å². The molecule has 3 aliphatic rings. The summed E-state index contributed by atoms with van der Waals surface area (Å²) in [5.74, 6) is 0. The van der Waals surface area contributed by atoms with Gasteiger partial charge in [0.1, 0.15) is 0 Å². The zero-order chi connectivity index (χ0) is 10.7. The van der Waals surface area contributed by atoms with Crippen molar-refractivity contribution in [3.8, 4) is 11.1 Å². The summed E-state index contributed by atoms with van der Waals surface area (Å²) >= 11 is 3.31. The molecule has 2 aliphatic carbocycles. The molecule has 0 N–H and O–H groups in total. The molecule has 1 aromatic carbocycles. The van der Waals surface area contributed by atoms with Crippen LogP contribution in [0.5, 0.6) is 0 Å². The molecule has 2 nitrogen and oxygen atoms in total. The Morgan fingerprint density at radius 1 is 1.00 bits per heavy atom. The molecule has 4 rings (SSSR count). The van der Waals surface area contributed by atoms with Crippen LogP contribution in [0.1, 0.15) is 0 Å². The Balaban J connectivity index is 2.47. The Kier molecular flexibility index (Phi) is 1.53. The van der Waals surface area contributed by atoms with Gasteiger partial charge >= 0.3 is 102 Å². The van der Waals surface area contributed by atoms with Crippen molar-refractivity contribution < 1.29 is 18.7 Å². The molecule has 0 unspecified atom stereocenters. The monoisotopic (exact) mass is 296 g/mol. The van der Waals surface area contributed by atoms with Crippen molar-refractivity contribution in [3.05, 3.63) is 39.3 Å². The molecule has 16 heavy (non-hydrogen) atoms. The molecule has 78 valence electrons. The normalized spacial score (nSPS) is 13.6. The van der Waals surface area contributed by atoms with Crippen molar-refractivity contribution in [2.24, 2.45) is 9.98 Å². The molecular weight excluding hydrogens is 291 g/mol. The Hall–Kier alpha value is -1.43. The molecule has 0 atom stereocenters. The molecule has 0 saturated heterocycles. The van der Waals surface area contributed by atoms with Gasteiger partial charge in [0.15, 0.2) is 0 Å². The average molecular weight is 297 g/mol. The van der Waals surface area contributed by atoms with Crippen LogP contribution in [0, 0.1) is 3.63 Å². The van der Waals surface area contributed by atoms with E-state index >= 15 is 0 Å². The van der Waals surface area contributed by atoms with E-state index in [1.807, 2.05) is 0 Å². The zero-order valence-electron chi connectivity index (χ0n) is 8.17. The van der Waals surface area contributed by atoms with Gasteiger partial charge in [-0.2, -0.15) is 0 Å². The number of fused-ring (bicyclic) bond motifs is 3. The molecule has 1 aromatic rings. The number of hydrogen-bond donors (Lipinski definition) is 0. The quantitative estimate of drug-likeness (QED) is 0.569. The molecular formula is C13H6N2Pd. The van der Waals surface area contributed by atoms with Crippen molar-refractivity contribution >= 4 is 22.8 Å². The van der Waals surface area contributed by atoms with Gasteiger partial charge in [0.25, 0.3) is 0 Å². The number of aliphatic imine (C=N–C) groups is 1. The van der Waals surface area contributed by atoms with Crippen molar-refractivity contribution in [2.45, 2.75) is 0 Å². The third kappa shape index (κ3) is 0.887. The van der Waals surface area contributed by atoms with Crippen molar-refractivity contribution in [1.29, 1.82) is 0 Å². The van der Waals surface area contributed by atoms with Crippen LogP contribution in [-0.4, -0.2) is 6.34 Å². The summed E-state index contributed by atoms with van der Waals surface area (Å²) < 4.78 is 1.13. The maximum atomic E-state index is 4.36. The molecule has 0 spiro atoms. The molecule has 0 aromatic heterocycles. The van der Waals surface area contributed by atoms with E-state index in [9.17, 15) is 0 Å². The van der Waals surface area contributed by atoms with Gasteiger partial charge in [0, 0.05) is 0 Å². The zero-order valence-corrected chi connectivity index (χ0v) is 9.73. The Morgan fingerprint density at radius 2 is 1.94 bits per heavy atom. The summed E-state index contributed by atoms with van der Waals surface area (Å²) in [4.78, 5) is 8.71. The number of rotatable bonds is 0. The Morgan fingerprint density at radius 3 is 2.88 bits per heavy atom. The van der Waals surface area contributed by atoms with Gasteiger partial charge in [-0.3, -0.25) is 0 Å². The first-order chi connectivity index (χ1) is 7.86. The molecule has 0 saturated carbocycles. The second-order valence-electron chi connectivity index (χ2n) is 3.86. The van der Waals surface area contributed by atoms with Gasteiger partial charge in [-0.25, -0.2) is 0 Å². The van der Waals surface area contributed by atoms with Crippen LogP contribution in [0.25, 0.3) is 21.9 Å². The van der Waals surface area contributed by atoms with Crippen LogP contribution in [-0.2, 0) is 18.7 Å². The fourth-order valence-corrected chi connectivity index (χ4v) is 2.92. The maximum absolute atomic E-state index is 4.36. The van der Waals surface area contributed by atoms with Crippen LogP contribution in [0.15, 0.2) is 40.3 Å². The first-order valence-corrected chi connectivity index (χ1v) is 5.80. The van der Waals surface area contributed by atoms with Gasteiger partial charge in [0.2, 0.25) is 0 Å². The van der Waals surface area contributed by atoms with Gasteiger partial charge < -0.3 is 0 Å². The molecule has 0 amide bonds. The second-order valence-corrected chi connectivity index (χ2v) is 4.70. The van der Waals surface area contributed by atoms with E-state index in [0.29, 0.717) is 0 Å². The third-order valence-corrected chi connectivity index (χ3v) is 3.71. The van der Waals surface area contributed by atoms with Gasteiger partial charge in [-0.05, 0) is 0 Å².